The van der Waals surface area contributed by atoms with Gasteiger partial charge < -0.3 is 10.6 Å². The van der Waals surface area contributed by atoms with Gasteiger partial charge in [0.1, 0.15) is 5.82 Å². The van der Waals surface area contributed by atoms with Crippen LogP contribution in [0.5, 0.6) is 0 Å². The fourth-order valence-electron chi connectivity index (χ4n) is 5.85. The van der Waals surface area contributed by atoms with Crippen LogP contribution in [0.15, 0.2) is 90.6 Å². The van der Waals surface area contributed by atoms with Crippen LogP contribution in [0.4, 0.5) is 14.9 Å². The molecule has 2 N–H and O–H groups in total. The number of carbonyl (C=O) groups is 1. The quantitative estimate of drug-likeness (QED) is 0.272. The molecule has 0 aliphatic heterocycles. The predicted molar refractivity (Wildman–Crippen MR) is 149 cm³/mol. The SMILES string of the molecule is O=C(Nc1ccccc1Cl)NC(CC1CCC2=Cc3c(cnn3-c3ccc(F)cc3)CC21)c1ccccc1. The van der Waals surface area contributed by atoms with E-state index < -0.39 is 0 Å². The third kappa shape index (κ3) is 4.96. The Morgan fingerprint density at radius 3 is 2.61 bits per heavy atom. The van der Waals surface area contributed by atoms with Crippen LogP contribution in [0.1, 0.15) is 42.1 Å². The first-order chi connectivity index (χ1) is 18.5. The summed E-state index contributed by atoms with van der Waals surface area (Å²) in [6.07, 6.45) is 8.06. The molecule has 1 heterocycles. The number of allylic oxidation sites excluding steroid dienone is 1. The summed E-state index contributed by atoms with van der Waals surface area (Å²) in [6, 6.07) is 23.4. The first kappa shape index (κ1) is 24.4. The minimum atomic E-state index is -0.271. The van der Waals surface area contributed by atoms with Crippen molar-refractivity contribution >= 4 is 29.4 Å². The monoisotopic (exact) mass is 526 g/mol. The molecule has 0 bridgehead atoms. The molecule has 6 rings (SSSR count). The highest BCUT2D eigenvalue weighted by atomic mass is 35.5. The van der Waals surface area contributed by atoms with Crippen LogP contribution in [0.25, 0.3) is 11.8 Å². The molecule has 1 fully saturated rings. The van der Waals surface area contributed by atoms with E-state index in [9.17, 15) is 9.18 Å². The third-order valence-electron chi connectivity index (χ3n) is 7.74. The molecule has 3 unspecified atom stereocenters. The standard InChI is InChI=1S/C31H28ClFN4O/c32-27-8-4-5-9-28(27)35-31(38)36-29(20-6-2-1-3-7-20)17-21-10-11-22-18-30-23(16-26(21)22)19-34-37(30)25-14-12-24(33)13-15-25/h1-9,12-15,18-19,21,26,29H,10-11,16-17H2,(H2,35,36,38). The summed E-state index contributed by atoms with van der Waals surface area (Å²) in [5.41, 5.74) is 6.24. The number of benzene rings is 3. The van der Waals surface area contributed by atoms with E-state index in [-0.39, 0.29) is 17.9 Å². The summed E-state index contributed by atoms with van der Waals surface area (Å²) >= 11 is 6.25. The van der Waals surface area contributed by atoms with Crippen molar-refractivity contribution in [3.63, 3.8) is 0 Å². The van der Waals surface area contributed by atoms with Gasteiger partial charge in [0.25, 0.3) is 0 Å². The molecule has 38 heavy (non-hydrogen) atoms. The Morgan fingerprint density at radius 2 is 1.82 bits per heavy atom. The zero-order valence-electron chi connectivity index (χ0n) is 20.8. The van der Waals surface area contributed by atoms with E-state index in [4.69, 9.17) is 11.6 Å². The molecule has 1 saturated carbocycles. The zero-order valence-corrected chi connectivity index (χ0v) is 21.5. The van der Waals surface area contributed by atoms with E-state index in [1.165, 1.54) is 23.3 Å². The normalized spacial score (nSPS) is 18.7. The average molecular weight is 527 g/mol. The Balaban J connectivity index is 1.21. The summed E-state index contributed by atoms with van der Waals surface area (Å²) < 4.78 is 15.3. The summed E-state index contributed by atoms with van der Waals surface area (Å²) in [4.78, 5) is 13.0. The first-order valence-corrected chi connectivity index (χ1v) is 13.3. The highest BCUT2D eigenvalue weighted by Gasteiger charge is 2.37. The average Bonchev–Trinajstić information content (AvgIpc) is 3.53. The predicted octanol–water partition coefficient (Wildman–Crippen LogP) is 7.58. The van der Waals surface area contributed by atoms with Crippen molar-refractivity contribution in [1.29, 1.82) is 0 Å². The van der Waals surface area contributed by atoms with Crippen molar-refractivity contribution in [2.24, 2.45) is 11.8 Å². The second-order valence-corrected chi connectivity index (χ2v) is 10.5. The van der Waals surface area contributed by atoms with Gasteiger partial charge in [-0.05, 0) is 91.1 Å². The lowest BCUT2D eigenvalue weighted by Gasteiger charge is -2.28. The second-order valence-electron chi connectivity index (χ2n) is 10.0. The fraction of sp³-hybridized carbons (Fsp3) is 0.226. The van der Waals surface area contributed by atoms with E-state index in [1.807, 2.05) is 41.2 Å². The minimum Gasteiger partial charge on any atom is -0.331 e. The Hall–Kier alpha value is -3.90. The van der Waals surface area contributed by atoms with Gasteiger partial charge in [0.05, 0.1) is 34.3 Å². The Bertz CT molecular complexity index is 1480. The number of hydrogen-bond acceptors (Lipinski definition) is 2. The molecule has 2 aliphatic rings. The van der Waals surface area contributed by atoms with Gasteiger partial charge in [-0.1, -0.05) is 59.6 Å². The van der Waals surface area contributed by atoms with E-state index in [0.717, 1.165) is 42.6 Å². The number of nitrogens with zero attached hydrogens (tertiary/aromatic N) is 2. The molecule has 2 amide bonds. The Labute approximate surface area is 226 Å². The first-order valence-electron chi connectivity index (χ1n) is 13.0. The number of fused-ring (bicyclic) bond motifs is 2. The van der Waals surface area contributed by atoms with Crippen LogP contribution in [-0.2, 0) is 6.42 Å². The number of halogens is 2. The van der Waals surface area contributed by atoms with Gasteiger partial charge in [-0.3, -0.25) is 0 Å². The maximum atomic E-state index is 13.4. The van der Waals surface area contributed by atoms with Gasteiger partial charge in [-0.15, -0.1) is 0 Å². The number of amides is 2. The van der Waals surface area contributed by atoms with Gasteiger partial charge in [0, 0.05) is 0 Å². The lowest BCUT2D eigenvalue weighted by Crippen LogP contribution is -2.34. The molecule has 0 saturated heterocycles. The van der Waals surface area contributed by atoms with E-state index in [2.05, 4.69) is 33.9 Å². The number of nitrogens with one attached hydrogen (secondary N) is 2. The Morgan fingerprint density at radius 1 is 1.05 bits per heavy atom. The second kappa shape index (κ2) is 10.5. The van der Waals surface area contributed by atoms with Crippen LogP contribution in [0, 0.1) is 17.7 Å². The highest BCUT2D eigenvalue weighted by Crippen LogP contribution is 2.47. The maximum absolute atomic E-state index is 13.4. The fourth-order valence-corrected chi connectivity index (χ4v) is 6.03. The number of aromatic nitrogens is 2. The number of hydrogen-bond donors (Lipinski definition) is 2. The van der Waals surface area contributed by atoms with E-state index >= 15 is 0 Å². The van der Waals surface area contributed by atoms with Crippen molar-refractivity contribution in [3.05, 3.63) is 118 Å². The molecule has 3 aromatic carbocycles. The molecular weight excluding hydrogens is 499 g/mol. The molecule has 192 valence electrons. The molecule has 0 spiro atoms. The summed E-state index contributed by atoms with van der Waals surface area (Å²) in [5.74, 6) is 0.580. The van der Waals surface area contributed by atoms with Crippen molar-refractivity contribution in [2.45, 2.75) is 31.7 Å². The smallest absolute Gasteiger partial charge is 0.319 e. The van der Waals surface area contributed by atoms with Crippen LogP contribution in [0.2, 0.25) is 5.02 Å². The molecule has 4 aromatic rings. The van der Waals surface area contributed by atoms with Crippen molar-refractivity contribution in [2.75, 3.05) is 5.32 Å². The topological polar surface area (TPSA) is 59.0 Å². The molecule has 0 radical (unpaired) electrons. The van der Waals surface area contributed by atoms with Crippen LogP contribution in [-0.4, -0.2) is 15.8 Å². The third-order valence-corrected chi connectivity index (χ3v) is 8.07. The van der Waals surface area contributed by atoms with Crippen LogP contribution < -0.4 is 10.6 Å². The molecule has 3 atom stereocenters. The van der Waals surface area contributed by atoms with Gasteiger partial charge >= 0.3 is 6.03 Å². The lowest BCUT2D eigenvalue weighted by molar-refractivity contribution is 0.244. The van der Waals surface area contributed by atoms with Crippen molar-refractivity contribution in [3.8, 4) is 5.69 Å². The zero-order chi connectivity index (χ0) is 26.1. The summed E-state index contributed by atoms with van der Waals surface area (Å²) in [7, 11) is 0. The van der Waals surface area contributed by atoms with Gasteiger partial charge in [0.2, 0.25) is 0 Å². The maximum Gasteiger partial charge on any atom is 0.319 e. The molecule has 5 nitrogen and oxygen atoms in total. The van der Waals surface area contributed by atoms with Gasteiger partial charge in [-0.2, -0.15) is 5.10 Å². The van der Waals surface area contributed by atoms with Crippen LogP contribution >= 0.6 is 11.6 Å². The van der Waals surface area contributed by atoms with E-state index in [1.54, 1.807) is 24.3 Å². The van der Waals surface area contributed by atoms with Crippen molar-refractivity contribution < 1.29 is 9.18 Å². The van der Waals surface area contributed by atoms with Gasteiger partial charge in [-0.25, -0.2) is 13.9 Å². The summed E-state index contributed by atoms with van der Waals surface area (Å²) in [5, 5.41) is 11.2. The molecule has 7 heteroatoms. The van der Waals surface area contributed by atoms with E-state index in [0.29, 0.717) is 22.5 Å². The van der Waals surface area contributed by atoms with Gasteiger partial charge in [0.15, 0.2) is 0 Å². The molecule has 2 aliphatic carbocycles. The minimum absolute atomic E-state index is 0.133. The largest absolute Gasteiger partial charge is 0.331 e. The number of urea groups is 1. The molecule has 1 aromatic heterocycles. The number of carbonyl (C=O) groups excluding carboxylic acids is 1. The lowest BCUT2D eigenvalue weighted by atomic mass is 9.80. The number of rotatable bonds is 6. The van der Waals surface area contributed by atoms with Crippen molar-refractivity contribution in [1.82, 2.24) is 15.1 Å². The summed E-state index contributed by atoms with van der Waals surface area (Å²) in [6.45, 7) is 0. The number of para-hydroxylation sites is 1. The number of anilines is 1. The van der Waals surface area contributed by atoms with Crippen LogP contribution in [0.3, 0.4) is 0 Å². The molecular formula is C31H28ClFN4O. The highest BCUT2D eigenvalue weighted by molar-refractivity contribution is 6.33. The Kier molecular flexibility index (Phi) is 6.73.